The van der Waals surface area contributed by atoms with Crippen LogP contribution in [-0.2, 0) is 19.6 Å². The van der Waals surface area contributed by atoms with Gasteiger partial charge in [0.1, 0.15) is 0 Å². The fourth-order valence-electron chi connectivity index (χ4n) is 3.42. The normalized spacial score (nSPS) is 11.3. The minimum atomic E-state index is -0.160. The first-order valence-electron chi connectivity index (χ1n) is 9.66. The summed E-state index contributed by atoms with van der Waals surface area (Å²) in [6.45, 7) is 8.16. The Balaban J connectivity index is 1.64. The third-order valence-corrected chi connectivity index (χ3v) is 5.03. The summed E-state index contributed by atoms with van der Waals surface area (Å²) in [5.74, 6) is -0.160. The van der Waals surface area contributed by atoms with Gasteiger partial charge < -0.3 is 4.90 Å². The lowest BCUT2D eigenvalue weighted by atomic mass is 10.2. The molecular formula is C20H24N8O. The van der Waals surface area contributed by atoms with Crippen LogP contribution in [0.15, 0.2) is 36.9 Å². The molecule has 0 aliphatic heterocycles. The lowest BCUT2D eigenvalue weighted by Gasteiger charge is -2.14. The smallest absolute Gasteiger partial charge is 0.274 e. The van der Waals surface area contributed by atoms with Crippen molar-refractivity contribution in [2.24, 2.45) is 0 Å². The van der Waals surface area contributed by atoms with Crippen molar-refractivity contribution in [2.75, 3.05) is 7.05 Å². The second-order valence-electron chi connectivity index (χ2n) is 6.95. The lowest BCUT2D eigenvalue weighted by molar-refractivity contribution is 0.0779. The second kappa shape index (κ2) is 7.50. The highest BCUT2D eigenvalue weighted by atomic mass is 16.2. The van der Waals surface area contributed by atoms with E-state index in [-0.39, 0.29) is 5.91 Å². The molecule has 0 atom stereocenters. The van der Waals surface area contributed by atoms with E-state index >= 15 is 0 Å². The minimum Gasteiger partial charge on any atom is -0.336 e. The van der Waals surface area contributed by atoms with Gasteiger partial charge in [-0.3, -0.25) is 14.2 Å². The Bertz CT molecular complexity index is 1170. The van der Waals surface area contributed by atoms with Crippen LogP contribution in [0.25, 0.3) is 16.9 Å². The maximum absolute atomic E-state index is 12.9. The first-order chi connectivity index (χ1) is 14.0. The summed E-state index contributed by atoms with van der Waals surface area (Å²) in [5, 5.41) is 13.2. The molecule has 4 aromatic heterocycles. The minimum absolute atomic E-state index is 0.160. The molecule has 0 unspecified atom stereocenters. The zero-order valence-corrected chi connectivity index (χ0v) is 17.1. The summed E-state index contributed by atoms with van der Waals surface area (Å²) in [5.41, 5.74) is 4.85. The molecule has 0 saturated heterocycles. The van der Waals surface area contributed by atoms with Crippen molar-refractivity contribution in [3.63, 3.8) is 0 Å². The Hall–Kier alpha value is -3.49. The van der Waals surface area contributed by atoms with Gasteiger partial charge in [-0.05, 0) is 26.8 Å². The van der Waals surface area contributed by atoms with Gasteiger partial charge in [-0.1, -0.05) is 0 Å². The largest absolute Gasteiger partial charge is 0.336 e. The van der Waals surface area contributed by atoms with Crippen molar-refractivity contribution in [3.8, 4) is 11.3 Å². The summed E-state index contributed by atoms with van der Waals surface area (Å²) in [6, 6.07) is 3.61. The van der Waals surface area contributed by atoms with E-state index in [9.17, 15) is 4.79 Å². The predicted molar refractivity (Wildman–Crippen MR) is 108 cm³/mol. The van der Waals surface area contributed by atoms with Crippen LogP contribution in [-0.4, -0.2) is 52.0 Å². The molecule has 0 saturated carbocycles. The molecule has 9 heteroatoms. The van der Waals surface area contributed by atoms with Gasteiger partial charge in [0.2, 0.25) is 0 Å². The van der Waals surface area contributed by atoms with E-state index in [1.165, 1.54) is 0 Å². The van der Waals surface area contributed by atoms with Crippen molar-refractivity contribution in [1.29, 1.82) is 0 Å². The van der Waals surface area contributed by atoms with E-state index in [0.29, 0.717) is 17.9 Å². The first-order valence-corrected chi connectivity index (χ1v) is 9.66. The highest BCUT2D eigenvalue weighted by Crippen LogP contribution is 2.23. The molecule has 0 aliphatic rings. The number of carbonyl (C=O) groups is 1. The van der Waals surface area contributed by atoms with E-state index in [0.717, 1.165) is 35.6 Å². The summed E-state index contributed by atoms with van der Waals surface area (Å²) in [6.07, 6.45) is 7.28. The summed E-state index contributed by atoms with van der Waals surface area (Å²) in [7, 11) is 1.76. The lowest BCUT2D eigenvalue weighted by Crippen LogP contribution is -2.26. The highest BCUT2D eigenvalue weighted by Gasteiger charge is 2.19. The van der Waals surface area contributed by atoms with Gasteiger partial charge in [-0.25, -0.2) is 9.50 Å². The standard InChI is InChI=1S/C20H24N8O/c1-5-26-13-15(10-22-26)12-25(4)20(29)17-9-19-21-8-7-18(28(19)24-17)16-11-23-27(6-2)14(16)3/h7-11,13H,5-6,12H2,1-4H3. The molecule has 0 aromatic carbocycles. The number of amides is 1. The van der Waals surface area contributed by atoms with Crippen molar-refractivity contribution in [3.05, 3.63) is 53.9 Å². The van der Waals surface area contributed by atoms with E-state index < -0.39 is 0 Å². The third-order valence-electron chi connectivity index (χ3n) is 5.03. The molecule has 0 bridgehead atoms. The molecule has 1 amide bonds. The van der Waals surface area contributed by atoms with Crippen LogP contribution < -0.4 is 0 Å². The number of fused-ring (bicyclic) bond motifs is 1. The van der Waals surface area contributed by atoms with Gasteiger partial charge in [0.25, 0.3) is 5.91 Å². The van der Waals surface area contributed by atoms with Gasteiger partial charge in [-0.15, -0.1) is 0 Å². The molecule has 0 aliphatic carbocycles. The van der Waals surface area contributed by atoms with Crippen LogP contribution in [0.5, 0.6) is 0 Å². The summed E-state index contributed by atoms with van der Waals surface area (Å²) >= 11 is 0. The predicted octanol–water partition coefficient (Wildman–Crippen LogP) is 2.41. The number of carbonyl (C=O) groups excluding carboxylic acids is 1. The van der Waals surface area contributed by atoms with Gasteiger partial charge in [-0.2, -0.15) is 15.3 Å². The van der Waals surface area contributed by atoms with Crippen LogP contribution in [0.2, 0.25) is 0 Å². The van der Waals surface area contributed by atoms with E-state index in [4.69, 9.17) is 0 Å². The Morgan fingerprint density at radius 3 is 2.69 bits per heavy atom. The average Bonchev–Trinajstić information content (AvgIpc) is 3.44. The summed E-state index contributed by atoms with van der Waals surface area (Å²) < 4.78 is 5.48. The van der Waals surface area contributed by atoms with E-state index in [2.05, 4.69) is 27.2 Å². The monoisotopic (exact) mass is 392 g/mol. The molecule has 150 valence electrons. The zero-order valence-electron chi connectivity index (χ0n) is 17.1. The number of hydrogen-bond acceptors (Lipinski definition) is 5. The van der Waals surface area contributed by atoms with Crippen molar-refractivity contribution < 1.29 is 4.79 Å². The molecule has 9 nitrogen and oxygen atoms in total. The van der Waals surface area contributed by atoms with Gasteiger partial charge >= 0.3 is 0 Å². The molecule has 0 radical (unpaired) electrons. The molecular weight excluding hydrogens is 368 g/mol. The van der Waals surface area contributed by atoms with Crippen molar-refractivity contribution in [1.82, 2.24) is 39.1 Å². The fraction of sp³-hybridized carbons (Fsp3) is 0.350. The van der Waals surface area contributed by atoms with E-state index in [1.807, 2.05) is 41.7 Å². The van der Waals surface area contributed by atoms with Crippen LogP contribution in [0.3, 0.4) is 0 Å². The number of rotatable bonds is 6. The van der Waals surface area contributed by atoms with Gasteiger partial charge in [0, 0.05) is 62.0 Å². The van der Waals surface area contributed by atoms with Crippen molar-refractivity contribution in [2.45, 2.75) is 40.4 Å². The molecule has 0 spiro atoms. The molecule has 4 rings (SSSR count). The van der Waals surface area contributed by atoms with Gasteiger partial charge in [0.15, 0.2) is 11.3 Å². The summed E-state index contributed by atoms with van der Waals surface area (Å²) in [4.78, 5) is 19.0. The van der Waals surface area contributed by atoms with Crippen LogP contribution in [0, 0.1) is 6.92 Å². The Kier molecular flexibility index (Phi) is 4.87. The molecule has 0 N–H and O–H groups in total. The second-order valence-corrected chi connectivity index (χ2v) is 6.95. The highest BCUT2D eigenvalue weighted by molar-refractivity contribution is 5.93. The van der Waals surface area contributed by atoms with E-state index in [1.54, 1.807) is 34.9 Å². The number of hydrogen-bond donors (Lipinski definition) is 0. The first kappa shape index (κ1) is 18.9. The molecule has 0 fully saturated rings. The SMILES string of the molecule is CCn1cc(CN(C)C(=O)c2cc3nccc(-c4cnn(CC)c4C)n3n2)cn1. The van der Waals surface area contributed by atoms with Crippen LogP contribution >= 0.6 is 0 Å². The van der Waals surface area contributed by atoms with Crippen LogP contribution in [0.1, 0.15) is 35.6 Å². The maximum Gasteiger partial charge on any atom is 0.274 e. The number of aryl methyl sites for hydroxylation is 2. The van der Waals surface area contributed by atoms with Crippen LogP contribution in [0.4, 0.5) is 0 Å². The topological polar surface area (TPSA) is 86.1 Å². The molecule has 4 aromatic rings. The maximum atomic E-state index is 12.9. The number of aromatic nitrogens is 7. The zero-order chi connectivity index (χ0) is 20.5. The quantitative estimate of drug-likeness (QED) is 0.503. The molecule has 4 heterocycles. The van der Waals surface area contributed by atoms with Crippen molar-refractivity contribution >= 4 is 11.6 Å². The van der Waals surface area contributed by atoms with Gasteiger partial charge in [0.05, 0.1) is 18.1 Å². The number of nitrogens with zero attached hydrogens (tertiary/aromatic N) is 8. The Morgan fingerprint density at radius 1 is 1.17 bits per heavy atom. The third kappa shape index (κ3) is 3.39. The average molecular weight is 392 g/mol. The fourth-order valence-corrected chi connectivity index (χ4v) is 3.42. The Morgan fingerprint density at radius 2 is 2.00 bits per heavy atom. The molecule has 29 heavy (non-hydrogen) atoms. The Labute approximate surface area is 168 Å².